The molecule has 37 heavy (non-hydrogen) atoms. The first-order valence-corrected chi connectivity index (χ1v) is 13.2. The minimum atomic E-state index is -0.975. The van der Waals surface area contributed by atoms with Crippen LogP contribution in [0.3, 0.4) is 0 Å². The van der Waals surface area contributed by atoms with Crippen LogP contribution in [0.15, 0.2) is 54.6 Å². The highest BCUT2D eigenvalue weighted by atomic mass is 16.6. The van der Waals surface area contributed by atoms with Crippen molar-refractivity contribution >= 4 is 12.1 Å². The zero-order chi connectivity index (χ0) is 26.3. The van der Waals surface area contributed by atoms with Crippen LogP contribution in [0, 0.1) is 0 Å². The highest BCUT2D eigenvalue weighted by Gasteiger charge is 2.22. The van der Waals surface area contributed by atoms with Crippen molar-refractivity contribution in [1.29, 1.82) is 0 Å². The van der Waals surface area contributed by atoms with E-state index in [1.54, 1.807) is 24.0 Å². The molecule has 0 radical (unpaired) electrons. The molecule has 1 unspecified atom stereocenters. The first-order chi connectivity index (χ1) is 18.0. The van der Waals surface area contributed by atoms with Crippen LogP contribution in [-0.2, 0) is 20.7 Å². The van der Waals surface area contributed by atoms with E-state index in [1.807, 2.05) is 42.5 Å². The van der Waals surface area contributed by atoms with Crippen LogP contribution in [0.25, 0.3) is 0 Å². The van der Waals surface area contributed by atoms with Gasteiger partial charge in [0, 0.05) is 19.6 Å². The third-order valence-electron chi connectivity index (χ3n) is 6.28. The maximum absolute atomic E-state index is 12.9. The van der Waals surface area contributed by atoms with Gasteiger partial charge in [-0.3, -0.25) is 0 Å². The lowest BCUT2D eigenvalue weighted by Crippen LogP contribution is -2.38. The fourth-order valence-electron chi connectivity index (χ4n) is 4.28. The normalized spacial score (nSPS) is 14.5. The number of hydrogen-bond donors (Lipinski definition) is 1. The highest BCUT2D eigenvalue weighted by Crippen LogP contribution is 2.21. The molecule has 0 saturated heterocycles. The molecule has 1 amide bonds. The van der Waals surface area contributed by atoms with Crippen molar-refractivity contribution in [3.8, 4) is 11.5 Å². The van der Waals surface area contributed by atoms with Crippen LogP contribution >= 0.6 is 0 Å². The summed E-state index contributed by atoms with van der Waals surface area (Å²) in [5.41, 5.74) is 0.851. The molecular weight excluding hydrogens is 474 g/mol. The number of carboxylic acids is 1. The predicted octanol–water partition coefficient (Wildman–Crippen LogP) is 5.34. The van der Waals surface area contributed by atoms with Crippen molar-refractivity contribution in [3.63, 3.8) is 0 Å². The summed E-state index contributed by atoms with van der Waals surface area (Å²) in [7, 11) is 0. The van der Waals surface area contributed by atoms with E-state index in [1.165, 1.54) is 6.42 Å². The van der Waals surface area contributed by atoms with E-state index >= 15 is 0 Å². The Bertz CT molecular complexity index is 929. The Morgan fingerprint density at radius 3 is 2.27 bits per heavy atom. The van der Waals surface area contributed by atoms with Crippen LogP contribution < -0.4 is 9.47 Å². The van der Waals surface area contributed by atoms with Gasteiger partial charge in [0.05, 0.1) is 13.2 Å². The molecule has 0 bridgehead atoms. The minimum Gasteiger partial charge on any atom is -0.494 e. The Balaban J connectivity index is 1.48. The monoisotopic (exact) mass is 513 g/mol. The first kappa shape index (κ1) is 28.3. The number of benzene rings is 2. The van der Waals surface area contributed by atoms with E-state index in [9.17, 15) is 14.7 Å². The predicted molar refractivity (Wildman–Crippen MR) is 140 cm³/mol. The zero-order valence-corrected chi connectivity index (χ0v) is 21.7. The molecule has 2 aromatic rings. The summed E-state index contributed by atoms with van der Waals surface area (Å²) in [6.45, 7) is 3.83. The van der Waals surface area contributed by atoms with E-state index in [0.29, 0.717) is 45.1 Å². The molecule has 0 aromatic heterocycles. The molecule has 8 nitrogen and oxygen atoms in total. The summed E-state index contributed by atoms with van der Waals surface area (Å²) in [4.78, 5) is 25.9. The highest BCUT2D eigenvalue weighted by molar-refractivity contribution is 5.72. The van der Waals surface area contributed by atoms with Gasteiger partial charge < -0.3 is 29.0 Å². The molecule has 1 fully saturated rings. The molecule has 0 spiro atoms. The second-order valence-corrected chi connectivity index (χ2v) is 9.12. The van der Waals surface area contributed by atoms with Crippen LogP contribution in [0.4, 0.5) is 4.79 Å². The summed E-state index contributed by atoms with van der Waals surface area (Å²) >= 11 is 0. The Morgan fingerprint density at radius 1 is 0.919 bits per heavy atom. The summed E-state index contributed by atoms with van der Waals surface area (Å²) in [6.07, 6.45) is 5.01. The molecule has 1 aliphatic rings. The number of carbonyl (C=O) groups is 2. The van der Waals surface area contributed by atoms with Crippen molar-refractivity contribution in [2.45, 2.75) is 64.1 Å². The van der Waals surface area contributed by atoms with Crippen molar-refractivity contribution < 1.29 is 33.6 Å². The van der Waals surface area contributed by atoms with E-state index in [4.69, 9.17) is 18.9 Å². The molecule has 8 heteroatoms. The molecule has 0 aliphatic heterocycles. The van der Waals surface area contributed by atoms with Gasteiger partial charge in [-0.05, 0) is 68.9 Å². The Morgan fingerprint density at radius 2 is 1.59 bits per heavy atom. The van der Waals surface area contributed by atoms with Crippen molar-refractivity contribution in [2.24, 2.45) is 0 Å². The number of amides is 1. The largest absolute Gasteiger partial charge is 0.494 e. The van der Waals surface area contributed by atoms with Gasteiger partial charge in [0.25, 0.3) is 0 Å². The summed E-state index contributed by atoms with van der Waals surface area (Å²) in [6, 6.07) is 16.9. The Labute approximate surface area is 219 Å². The lowest BCUT2D eigenvalue weighted by molar-refractivity contribution is -0.149. The molecule has 1 aliphatic carbocycles. The van der Waals surface area contributed by atoms with Gasteiger partial charge in [0.15, 0.2) is 6.10 Å². The average molecular weight is 514 g/mol. The molecular formula is C29H39NO7. The van der Waals surface area contributed by atoms with E-state index in [-0.39, 0.29) is 18.6 Å². The molecule has 1 saturated carbocycles. The smallest absolute Gasteiger partial charge is 0.410 e. The molecule has 202 valence electrons. The van der Waals surface area contributed by atoms with Gasteiger partial charge in [-0.2, -0.15) is 0 Å². The fourth-order valence-corrected chi connectivity index (χ4v) is 4.28. The number of rotatable bonds is 15. The average Bonchev–Trinajstić information content (AvgIpc) is 2.91. The Kier molecular flexibility index (Phi) is 12.1. The second-order valence-electron chi connectivity index (χ2n) is 9.12. The number of ether oxygens (including phenoxy) is 4. The van der Waals surface area contributed by atoms with Crippen LogP contribution in [0.5, 0.6) is 11.5 Å². The lowest BCUT2D eigenvalue weighted by Gasteiger charge is -2.27. The third kappa shape index (κ3) is 10.3. The molecule has 0 heterocycles. The number of nitrogens with zero attached hydrogens (tertiary/aromatic N) is 1. The summed E-state index contributed by atoms with van der Waals surface area (Å²) in [5, 5.41) is 9.27. The van der Waals surface area contributed by atoms with Crippen LogP contribution in [-0.4, -0.2) is 67.2 Å². The molecule has 3 rings (SSSR count). The maximum Gasteiger partial charge on any atom is 0.410 e. The van der Waals surface area contributed by atoms with Crippen LogP contribution in [0.1, 0.15) is 51.0 Å². The fraction of sp³-hybridized carbons (Fsp3) is 0.517. The number of aliphatic carboxylic acids is 1. The van der Waals surface area contributed by atoms with E-state index < -0.39 is 12.1 Å². The van der Waals surface area contributed by atoms with Gasteiger partial charge in [-0.1, -0.05) is 36.8 Å². The van der Waals surface area contributed by atoms with Gasteiger partial charge >= 0.3 is 12.1 Å². The van der Waals surface area contributed by atoms with Gasteiger partial charge in [-0.15, -0.1) is 0 Å². The SMILES string of the molecule is CCOC(Cc1ccc(OCCN(CCCOc2ccccc2)C(=O)OC2CCCCC2)cc1)C(=O)O. The maximum atomic E-state index is 12.9. The zero-order valence-electron chi connectivity index (χ0n) is 21.7. The Hall–Kier alpha value is -3.26. The van der Waals surface area contributed by atoms with Crippen molar-refractivity contribution in [1.82, 2.24) is 4.90 Å². The van der Waals surface area contributed by atoms with Gasteiger partial charge in [0.2, 0.25) is 0 Å². The molecule has 1 N–H and O–H groups in total. The molecule has 1 atom stereocenters. The van der Waals surface area contributed by atoms with E-state index in [2.05, 4.69) is 0 Å². The third-order valence-corrected chi connectivity index (χ3v) is 6.28. The number of carbonyl (C=O) groups excluding carboxylic acids is 1. The minimum absolute atomic E-state index is 0.0101. The van der Waals surface area contributed by atoms with Crippen molar-refractivity contribution in [2.75, 3.05) is 32.9 Å². The van der Waals surface area contributed by atoms with Gasteiger partial charge in [-0.25, -0.2) is 9.59 Å². The van der Waals surface area contributed by atoms with Crippen LogP contribution in [0.2, 0.25) is 0 Å². The van der Waals surface area contributed by atoms with Crippen molar-refractivity contribution in [3.05, 3.63) is 60.2 Å². The standard InChI is InChI=1S/C29H39NO7/c1-2-34-27(28(31)32)22-23-14-16-25(17-15-23)36-21-19-30(29(33)37-26-12-7-4-8-13-26)18-9-20-35-24-10-5-3-6-11-24/h3,5-6,10-11,14-17,26-27H,2,4,7-9,12-13,18-22H2,1H3,(H,31,32). The number of hydrogen-bond acceptors (Lipinski definition) is 6. The van der Waals surface area contributed by atoms with Gasteiger partial charge in [0.1, 0.15) is 24.2 Å². The molecule has 2 aromatic carbocycles. The lowest BCUT2D eigenvalue weighted by atomic mass is 9.98. The first-order valence-electron chi connectivity index (χ1n) is 13.2. The number of para-hydroxylation sites is 1. The van der Waals surface area contributed by atoms with E-state index in [0.717, 1.165) is 37.0 Å². The quantitative estimate of drug-likeness (QED) is 0.321. The number of carboxylic acid groups (broad SMARTS) is 1. The summed E-state index contributed by atoms with van der Waals surface area (Å²) < 4.78 is 22.7. The second kappa shape index (κ2) is 15.8. The summed E-state index contributed by atoms with van der Waals surface area (Å²) in [5.74, 6) is 0.484. The topological polar surface area (TPSA) is 94.5 Å².